The summed E-state index contributed by atoms with van der Waals surface area (Å²) in [7, 11) is 1.59. The molecule has 7 heteroatoms. The van der Waals surface area contributed by atoms with Crippen LogP contribution in [0.25, 0.3) is 0 Å². The van der Waals surface area contributed by atoms with Crippen molar-refractivity contribution in [2.45, 2.75) is 32.9 Å². The highest BCUT2D eigenvalue weighted by atomic mass is 79.9. The molecule has 1 heterocycles. The number of hydrogen-bond donors (Lipinski definition) is 2. The first-order valence-corrected chi connectivity index (χ1v) is 7.37. The first kappa shape index (κ1) is 17.1. The number of nitrogens with one attached hydrogen (secondary N) is 1. The van der Waals surface area contributed by atoms with Crippen LogP contribution >= 0.6 is 15.9 Å². The van der Waals surface area contributed by atoms with Gasteiger partial charge in [-0.15, -0.1) is 0 Å². The van der Waals surface area contributed by atoms with Crippen LogP contribution in [-0.4, -0.2) is 35.6 Å². The smallest absolute Gasteiger partial charge is 0.283 e. The molecule has 6 nitrogen and oxygen atoms in total. The molecule has 1 atom stereocenters. The second-order valence-corrected chi connectivity index (χ2v) is 6.09. The molecule has 0 saturated carbocycles. The zero-order valence-corrected chi connectivity index (χ0v) is 14.0. The van der Waals surface area contributed by atoms with E-state index in [1.165, 1.54) is 4.68 Å². The summed E-state index contributed by atoms with van der Waals surface area (Å²) >= 11 is 3.34. The lowest BCUT2D eigenvalue weighted by atomic mass is 9.88. The number of nitrogens with zero attached hydrogens (tertiary/aromatic N) is 2. The number of ether oxygens (including phenoxy) is 1. The number of halogens is 1. The largest absolute Gasteiger partial charge is 0.383 e. The second-order valence-electron chi connectivity index (χ2n) is 5.29. The van der Waals surface area contributed by atoms with E-state index in [0.717, 1.165) is 0 Å². The monoisotopic (exact) mass is 346 g/mol. The molecule has 0 aliphatic carbocycles. The Morgan fingerprint density at radius 1 is 1.60 bits per heavy atom. The molecule has 20 heavy (non-hydrogen) atoms. The molecule has 0 aliphatic heterocycles. The molecular weight excluding hydrogens is 324 g/mol. The fourth-order valence-corrected chi connectivity index (χ4v) is 2.03. The topological polar surface area (TPSA) is 82.2 Å². The van der Waals surface area contributed by atoms with Crippen LogP contribution in [0.1, 0.15) is 20.8 Å². The van der Waals surface area contributed by atoms with Gasteiger partial charge in [0.2, 0.25) is 0 Å². The zero-order chi connectivity index (χ0) is 15.3. The zero-order valence-electron chi connectivity index (χ0n) is 12.4. The lowest BCUT2D eigenvalue weighted by molar-refractivity contribution is 0.181. The molecule has 1 unspecified atom stereocenters. The predicted molar refractivity (Wildman–Crippen MR) is 84.0 cm³/mol. The van der Waals surface area contributed by atoms with Gasteiger partial charge in [0.05, 0.1) is 25.0 Å². The molecule has 0 saturated heterocycles. The van der Waals surface area contributed by atoms with Crippen LogP contribution in [0, 0.1) is 5.92 Å². The summed E-state index contributed by atoms with van der Waals surface area (Å²) < 4.78 is 6.78. The van der Waals surface area contributed by atoms with Gasteiger partial charge >= 0.3 is 0 Å². The summed E-state index contributed by atoms with van der Waals surface area (Å²) in [5, 5.41) is 7.46. The van der Waals surface area contributed by atoms with Crippen molar-refractivity contribution in [3.05, 3.63) is 21.0 Å². The van der Waals surface area contributed by atoms with Crippen molar-refractivity contribution in [3.63, 3.8) is 0 Å². The van der Waals surface area contributed by atoms with Gasteiger partial charge in [-0.1, -0.05) is 13.8 Å². The van der Waals surface area contributed by atoms with Crippen LogP contribution in [0.5, 0.6) is 0 Å². The van der Waals surface area contributed by atoms with E-state index >= 15 is 0 Å². The van der Waals surface area contributed by atoms with Crippen molar-refractivity contribution < 1.29 is 4.74 Å². The Kier molecular flexibility index (Phi) is 6.16. The molecule has 0 fully saturated rings. The van der Waals surface area contributed by atoms with Crippen LogP contribution in [0.3, 0.4) is 0 Å². The summed E-state index contributed by atoms with van der Waals surface area (Å²) in [6.45, 7) is 7.53. The molecule has 114 valence electrons. The Balaban J connectivity index is 3.04. The standard InChI is InChI=1S/C13H23BrN4O2/c1-9(2)13(3,8-15)17-10-7-16-18(5-6-20-4)12(19)11(10)14/h7,9,17H,5-6,8,15H2,1-4H3. The molecule has 0 aliphatic rings. The van der Waals surface area contributed by atoms with Gasteiger partial charge in [0, 0.05) is 19.2 Å². The van der Waals surface area contributed by atoms with E-state index in [2.05, 4.69) is 40.2 Å². The number of nitrogens with two attached hydrogens (primary N) is 1. The number of aromatic nitrogens is 2. The van der Waals surface area contributed by atoms with E-state index in [4.69, 9.17) is 10.5 Å². The highest BCUT2D eigenvalue weighted by molar-refractivity contribution is 9.10. The van der Waals surface area contributed by atoms with Gasteiger partial charge in [0.25, 0.3) is 5.56 Å². The van der Waals surface area contributed by atoms with E-state index in [9.17, 15) is 4.79 Å². The molecule has 3 N–H and O–H groups in total. The molecule has 0 aromatic carbocycles. The molecule has 1 rings (SSSR count). The number of methoxy groups -OCH3 is 1. The van der Waals surface area contributed by atoms with Crippen molar-refractivity contribution in [3.8, 4) is 0 Å². The van der Waals surface area contributed by atoms with Crippen molar-refractivity contribution in [2.24, 2.45) is 11.7 Å². The first-order chi connectivity index (χ1) is 9.35. The fourth-order valence-electron chi connectivity index (χ4n) is 1.63. The lowest BCUT2D eigenvalue weighted by Gasteiger charge is -2.34. The van der Waals surface area contributed by atoms with Gasteiger partial charge in [-0.3, -0.25) is 4.79 Å². The van der Waals surface area contributed by atoms with E-state index in [0.29, 0.717) is 35.8 Å². The summed E-state index contributed by atoms with van der Waals surface area (Å²) in [6.07, 6.45) is 1.64. The molecule has 0 amide bonds. The minimum atomic E-state index is -0.296. The van der Waals surface area contributed by atoms with Crippen LogP contribution in [0.4, 0.5) is 5.69 Å². The SMILES string of the molecule is COCCn1ncc(NC(C)(CN)C(C)C)c(Br)c1=O. The van der Waals surface area contributed by atoms with Crippen molar-refractivity contribution in [2.75, 3.05) is 25.6 Å². The third kappa shape index (κ3) is 3.80. The molecule has 1 aromatic rings. The third-order valence-electron chi connectivity index (χ3n) is 3.61. The molecule has 0 radical (unpaired) electrons. The summed E-state index contributed by atoms with van der Waals surface area (Å²) in [4.78, 5) is 12.2. The number of anilines is 1. The van der Waals surface area contributed by atoms with Gasteiger partial charge in [0.15, 0.2) is 0 Å². The van der Waals surface area contributed by atoms with Gasteiger partial charge in [-0.05, 0) is 28.8 Å². The highest BCUT2D eigenvalue weighted by Gasteiger charge is 2.27. The van der Waals surface area contributed by atoms with Crippen molar-refractivity contribution >= 4 is 21.6 Å². The van der Waals surface area contributed by atoms with E-state index in [-0.39, 0.29) is 11.1 Å². The molecular formula is C13H23BrN4O2. The van der Waals surface area contributed by atoms with Crippen molar-refractivity contribution in [1.29, 1.82) is 0 Å². The minimum absolute atomic E-state index is 0.185. The fraction of sp³-hybridized carbons (Fsp3) is 0.692. The molecule has 0 bridgehead atoms. The first-order valence-electron chi connectivity index (χ1n) is 6.58. The quantitative estimate of drug-likeness (QED) is 0.780. The number of hydrogen-bond acceptors (Lipinski definition) is 5. The van der Waals surface area contributed by atoms with E-state index in [1.807, 2.05) is 6.92 Å². The molecule has 1 aromatic heterocycles. The normalized spacial score (nSPS) is 14.3. The number of rotatable bonds is 7. The average molecular weight is 347 g/mol. The summed E-state index contributed by atoms with van der Waals surface area (Å²) in [5.41, 5.74) is 6.02. The van der Waals surface area contributed by atoms with E-state index in [1.54, 1.807) is 13.3 Å². The van der Waals surface area contributed by atoms with Gasteiger partial charge in [-0.25, -0.2) is 4.68 Å². The Bertz CT molecular complexity index is 504. The van der Waals surface area contributed by atoms with E-state index < -0.39 is 0 Å². The Hall–Kier alpha value is -0.920. The van der Waals surface area contributed by atoms with Crippen LogP contribution < -0.4 is 16.6 Å². The van der Waals surface area contributed by atoms with Crippen LogP contribution in [0.2, 0.25) is 0 Å². The Morgan fingerprint density at radius 3 is 2.75 bits per heavy atom. The second kappa shape index (κ2) is 7.19. The van der Waals surface area contributed by atoms with Gasteiger partial charge in [0.1, 0.15) is 4.47 Å². The lowest BCUT2D eigenvalue weighted by Crippen LogP contribution is -2.47. The Labute approximate surface area is 127 Å². The average Bonchev–Trinajstić information content (AvgIpc) is 2.42. The summed E-state index contributed by atoms with van der Waals surface area (Å²) in [5.74, 6) is 0.315. The maximum atomic E-state index is 12.2. The maximum Gasteiger partial charge on any atom is 0.283 e. The summed E-state index contributed by atoms with van der Waals surface area (Å²) in [6, 6.07) is 0. The van der Waals surface area contributed by atoms with Gasteiger partial charge in [-0.2, -0.15) is 5.10 Å². The third-order valence-corrected chi connectivity index (χ3v) is 4.38. The van der Waals surface area contributed by atoms with Crippen LogP contribution in [-0.2, 0) is 11.3 Å². The van der Waals surface area contributed by atoms with Gasteiger partial charge < -0.3 is 15.8 Å². The predicted octanol–water partition coefficient (Wildman–Crippen LogP) is 1.44. The maximum absolute atomic E-state index is 12.2. The highest BCUT2D eigenvalue weighted by Crippen LogP contribution is 2.25. The van der Waals surface area contributed by atoms with Crippen LogP contribution in [0.15, 0.2) is 15.5 Å². The van der Waals surface area contributed by atoms with Crippen molar-refractivity contribution in [1.82, 2.24) is 9.78 Å². The minimum Gasteiger partial charge on any atom is -0.383 e. The molecule has 0 spiro atoms. The Morgan fingerprint density at radius 2 is 2.25 bits per heavy atom.